The predicted molar refractivity (Wildman–Crippen MR) is 79.1 cm³/mol. The molecule has 0 saturated carbocycles. The molecule has 0 bridgehead atoms. The summed E-state index contributed by atoms with van der Waals surface area (Å²) >= 11 is 5.73. The van der Waals surface area contributed by atoms with Gasteiger partial charge in [0.25, 0.3) is 0 Å². The number of likely N-dealkylation sites (N-methyl/N-ethyl adjacent to an activating group) is 1. The topological polar surface area (TPSA) is 58.4 Å². The molecule has 1 atom stereocenters. The van der Waals surface area contributed by atoms with Gasteiger partial charge in [-0.2, -0.15) is 0 Å². The minimum atomic E-state index is -0.663. The highest BCUT2D eigenvalue weighted by Crippen LogP contribution is 2.20. The molecular weight excluding hydrogens is 281 g/mol. The van der Waals surface area contributed by atoms with Crippen molar-refractivity contribution in [2.75, 3.05) is 26.2 Å². The largest absolute Gasteiger partial charge is 0.368 e. The molecule has 0 aliphatic heterocycles. The molecule has 0 spiro atoms. The van der Waals surface area contributed by atoms with Gasteiger partial charge in [-0.1, -0.05) is 31.5 Å². The first-order valence-corrected chi connectivity index (χ1v) is 7.07. The molecule has 0 aromatic heterocycles. The van der Waals surface area contributed by atoms with E-state index in [0.717, 1.165) is 19.6 Å². The van der Waals surface area contributed by atoms with Crippen LogP contribution in [0, 0.1) is 5.82 Å². The highest BCUT2D eigenvalue weighted by Gasteiger charge is 2.18. The van der Waals surface area contributed by atoms with Crippen LogP contribution >= 0.6 is 11.6 Å². The second-order valence-corrected chi connectivity index (χ2v) is 4.90. The summed E-state index contributed by atoms with van der Waals surface area (Å²) in [7, 11) is 0. The van der Waals surface area contributed by atoms with Gasteiger partial charge in [-0.3, -0.25) is 4.79 Å². The molecule has 0 saturated heterocycles. The van der Waals surface area contributed by atoms with Crippen molar-refractivity contribution in [2.24, 2.45) is 5.73 Å². The van der Waals surface area contributed by atoms with Crippen molar-refractivity contribution in [3.63, 3.8) is 0 Å². The van der Waals surface area contributed by atoms with Gasteiger partial charge >= 0.3 is 0 Å². The van der Waals surface area contributed by atoms with Crippen LogP contribution in [0.5, 0.6) is 0 Å². The van der Waals surface area contributed by atoms with E-state index in [-0.39, 0.29) is 5.02 Å². The number of nitrogens with one attached hydrogen (secondary N) is 1. The van der Waals surface area contributed by atoms with Gasteiger partial charge in [-0.15, -0.1) is 0 Å². The molecule has 112 valence electrons. The first-order valence-electron chi connectivity index (χ1n) is 6.69. The van der Waals surface area contributed by atoms with Gasteiger partial charge in [-0.05, 0) is 30.8 Å². The maximum Gasteiger partial charge on any atom is 0.239 e. The third-order valence-corrected chi connectivity index (χ3v) is 3.52. The van der Waals surface area contributed by atoms with E-state index >= 15 is 0 Å². The number of nitrogens with two attached hydrogens (primary N) is 1. The normalized spacial score (nSPS) is 12.7. The number of rotatable bonds is 8. The van der Waals surface area contributed by atoms with Crippen LogP contribution in [0.2, 0.25) is 5.02 Å². The maximum atomic E-state index is 13.1. The number of halogens is 2. The first kappa shape index (κ1) is 16.9. The van der Waals surface area contributed by atoms with Crippen LogP contribution in [0.4, 0.5) is 4.39 Å². The number of hydrogen-bond acceptors (Lipinski definition) is 3. The molecule has 4 nitrogen and oxygen atoms in total. The molecule has 6 heteroatoms. The van der Waals surface area contributed by atoms with E-state index in [9.17, 15) is 9.18 Å². The van der Waals surface area contributed by atoms with Gasteiger partial charge < -0.3 is 16.0 Å². The standard InChI is InChI=1S/C14H21ClFN3O/c1-3-19(4-2)8-7-18-13(14(17)20)10-5-6-12(16)11(15)9-10/h5-6,9,13,18H,3-4,7-8H2,1-2H3,(H2,17,20). The monoisotopic (exact) mass is 301 g/mol. The number of primary amides is 1. The summed E-state index contributed by atoms with van der Waals surface area (Å²) in [4.78, 5) is 13.7. The second kappa shape index (κ2) is 8.19. The molecule has 1 aromatic rings. The smallest absolute Gasteiger partial charge is 0.239 e. The van der Waals surface area contributed by atoms with Crippen molar-refractivity contribution in [1.82, 2.24) is 10.2 Å². The van der Waals surface area contributed by atoms with Crippen molar-refractivity contribution < 1.29 is 9.18 Å². The molecular formula is C14H21ClFN3O. The molecule has 1 rings (SSSR count). The second-order valence-electron chi connectivity index (χ2n) is 4.49. The van der Waals surface area contributed by atoms with E-state index < -0.39 is 17.8 Å². The quantitative estimate of drug-likeness (QED) is 0.771. The first-order chi connectivity index (χ1) is 9.49. The lowest BCUT2D eigenvalue weighted by Crippen LogP contribution is -2.38. The van der Waals surface area contributed by atoms with Crippen LogP contribution in [-0.2, 0) is 4.79 Å². The molecule has 20 heavy (non-hydrogen) atoms. The summed E-state index contributed by atoms with van der Waals surface area (Å²) in [5, 5.41) is 3.07. The van der Waals surface area contributed by atoms with E-state index in [4.69, 9.17) is 17.3 Å². The Labute approximate surface area is 124 Å². The number of carbonyl (C=O) groups is 1. The molecule has 1 unspecified atom stereocenters. The van der Waals surface area contributed by atoms with Crippen molar-refractivity contribution in [1.29, 1.82) is 0 Å². The van der Waals surface area contributed by atoms with E-state index in [0.29, 0.717) is 12.1 Å². The molecule has 0 fully saturated rings. The molecule has 0 heterocycles. The van der Waals surface area contributed by atoms with Crippen LogP contribution in [0.3, 0.4) is 0 Å². The Morgan fingerprint density at radius 1 is 1.45 bits per heavy atom. The fourth-order valence-corrected chi connectivity index (χ4v) is 2.17. The number of amides is 1. The Kier molecular flexibility index (Phi) is 6.91. The highest BCUT2D eigenvalue weighted by atomic mass is 35.5. The molecule has 0 radical (unpaired) electrons. The van der Waals surface area contributed by atoms with Gasteiger partial charge in [0.1, 0.15) is 11.9 Å². The van der Waals surface area contributed by atoms with Crippen molar-refractivity contribution in [3.8, 4) is 0 Å². The minimum absolute atomic E-state index is 0.0145. The lowest BCUT2D eigenvalue weighted by Gasteiger charge is -2.21. The van der Waals surface area contributed by atoms with Crippen molar-refractivity contribution in [3.05, 3.63) is 34.6 Å². The summed E-state index contributed by atoms with van der Waals surface area (Å²) in [6, 6.07) is 3.51. The van der Waals surface area contributed by atoms with E-state index in [1.807, 2.05) is 0 Å². The fourth-order valence-electron chi connectivity index (χ4n) is 1.98. The van der Waals surface area contributed by atoms with Gasteiger partial charge in [0.2, 0.25) is 5.91 Å². The van der Waals surface area contributed by atoms with Crippen LogP contribution < -0.4 is 11.1 Å². The summed E-state index contributed by atoms with van der Waals surface area (Å²) in [5.74, 6) is -1.02. The third-order valence-electron chi connectivity index (χ3n) is 3.23. The Bertz CT molecular complexity index is 452. The summed E-state index contributed by atoms with van der Waals surface area (Å²) in [5.41, 5.74) is 5.96. The van der Waals surface area contributed by atoms with Crippen molar-refractivity contribution in [2.45, 2.75) is 19.9 Å². The maximum absolute atomic E-state index is 13.1. The molecule has 0 aliphatic carbocycles. The van der Waals surface area contributed by atoms with Crippen LogP contribution in [0.1, 0.15) is 25.5 Å². The number of nitrogens with zero attached hydrogens (tertiary/aromatic N) is 1. The Hall–Kier alpha value is -1.17. The molecule has 0 aliphatic rings. The number of carbonyl (C=O) groups excluding carboxylic acids is 1. The van der Waals surface area contributed by atoms with E-state index in [1.54, 1.807) is 0 Å². The number of benzene rings is 1. The van der Waals surface area contributed by atoms with E-state index in [1.165, 1.54) is 18.2 Å². The summed E-state index contributed by atoms with van der Waals surface area (Å²) in [6.45, 7) is 7.48. The average Bonchev–Trinajstić information content (AvgIpc) is 2.42. The predicted octanol–water partition coefficient (Wildman–Crippen LogP) is 1.94. The summed E-state index contributed by atoms with van der Waals surface area (Å²) in [6.07, 6.45) is 0. The summed E-state index contributed by atoms with van der Waals surface area (Å²) < 4.78 is 13.1. The fraction of sp³-hybridized carbons (Fsp3) is 0.500. The SMILES string of the molecule is CCN(CC)CCNC(C(N)=O)c1ccc(F)c(Cl)c1. The van der Waals surface area contributed by atoms with Crippen LogP contribution in [0.25, 0.3) is 0 Å². The zero-order valence-corrected chi connectivity index (χ0v) is 12.6. The van der Waals surface area contributed by atoms with E-state index in [2.05, 4.69) is 24.1 Å². The zero-order chi connectivity index (χ0) is 15.1. The lowest BCUT2D eigenvalue weighted by atomic mass is 10.1. The van der Waals surface area contributed by atoms with Gasteiger partial charge in [0.15, 0.2) is 0 Å². The Balaban J connectivity index is 2.69. The number of hydrogen-bond donors (Lipinski definition) is 2. The van der Waals surface area contributed by atoms with Crippen molar-refractivity contribution >= 4 is 17.5 Å². The van der Waals surface area contributed by atoms with Gasteiger partial charge in [0, 0.05) is 13.1 Å². The minimum Gasteiger partial charge on any atom is -0.368 e. The van der Waals surface area contributed by atoms with Crippen LogP contribution in [-0.4, -0.2) is 37.0 Å². The third kappa shape index (κ3) is 4.74. The highest BCUT2D eigenvalue weighted by molar-refractivity contribution is 6.30. The van der Waals surface area contributed by atoms with Gasteiger partial charge in [-0.25, -0.2) is 4.39 Å². The zero-order valence-electron chi connectivity index (χ0n) is 11.8. The van der Waals surface area contributed by atoms with Crippen LogP contribution in [0.15, 0.2) is 18.2 Å². The lowest BCUT2D eigenvalue weighted by molar-refractivity contribution is -0.120. The Morgan fingerprint density at radius 3 is 2.60 bits per heavy atom. The molecule has 3 N–H and O–H groups in total. The molecule has 1 aromatic carbocycles. The Morgan fingerprint density at radius 2 is 2.10 bits per heavy atom. The average molecular weight is 302 g/mol. The molecule has 1 amide bonds. The van der Waals surface area contributed by atoms with Gasteiger partial charge in [0.05, 0.1) is 5.02 Å².